The lowest BCUT2D eigenvalue weighted by molar-refractivity contribution is 0.0906. The lowest BCUT2D eigenvalue weighted by Crippen LogP contribution is -2.43. The second-order valence-corrected chi connectivity index (χ2v) is 6.51. The van der Waals surface area contributed by atoms with Crippen LogP contribution in [0.1, 0.15) is 43.2 Å². The number of nitrogens with zero attached hydrogens (tertiary/aromatic N) is 2. The van der Waals surface area contributed by atoms with Crippen LogP contribution < -0.4 is 5.32 Å². The minimum atomic E-state index is 0.0361. The molecule has 2 heterocycles. The van der Waals surface area contributed by atoms with Crippen molar-refractivity contribution in [2.24, 2.45) is 0 Å². The summed E-state index contributed by atoms with van der Waals surface area (Å²) in [6.45, 7) is 6.28. The summed E-state index contributed by atoms with van der Waals surface area (Å²) < 4.78 is 2.96. The molecule has 1 saturated heterocycles. The Morgan fingerprint density at radius 2 is 2.05 bits per heavy atom. The summed E-state index contributed by atoms with van der Waals surface area (Å²) in [5.41, 5.74) is 0.737. The van der Waals surface area contributed by atoms with Gasteiger partial charge >= 0.3 is 0 Å². The molecule has 1 aromatic heterocycles. The molecule has 0 atom stereocenters. The van der Waals surface area contributed by atoms with Gasteiger partial charge in [0.2, 0.25) is 0 Å². The fourth-order valence-electron chi connectivity index (χ4n) is 2.47. The first-order chi connectivity index (χ1) is 8.97. The molecule has 1 aromatic rings. The Kier molecular flexibility index (Phi) is 4.68. The Balaban J connectivity index is 2.03. The fraction of sp³-hybridized carbons (Fsp3) is 0.643. The molecule has 0 bridgehead atoms. The summed E-state index contributed by atoms with van der Waals surface area (Å²) in [6, 6.07) is 2.48. The van der Waals surface area contributed by atoms with E-state index < -0.39 is 0 Å². The Morgan fingerprint density at radius 1 is 1.42 bits per heavy atom. The van der Waals surface area contributed by atoms with Gasteiger partial charge in [-0.25, -0.2) is 0 Å². The number of rotatable bonds is 3. The highest BCUT2D eigenvalue weighted by molar-refractivity contribution is 9.10. The maximum absolute atomic E-state index is 12.4. The Morgan fingerprint density at radius 3 is 2.63 bits per heavy atom. The van der Waals surface area contributed by atoms with E-state index >= 15 is 0 Å². The van der Waals surface area contributed by atoms with E-state index in [-0.39, 0.29) is 11.9 Å². The summed E-state index contributed by atoms with van der Waals surface area (Å²) in [4.78, 5) is 14.7. The van der Waals surface area contributed by atoms with Crippen molar-refractivity contribution in [2.75, 3.05) is 20.1 Å². The molecule has 4 nitrogen and oxygen atoms in total. The maximum Gasteiger partial charge on any atom is 0.268 e. The number of nitrogens with one attached hydrogen (secondary N) is 1. The second kappa shape index (κ2) is 6.09. The highest BCUT2D eigenvalue weighted by Gasteiger charge is 2.21. The molecule has 0 radical (unpaired) electrons. The summed E-state index contributed by atoms with van der Waals surface area (Å²) in [6.07, 6.45) is 4.03. The molecule has 0 aromatic carbocycles. The zero-order chi connectivity index (χ0) is 14.0. The van der Waals surface area contributed by atoms with Crippen molar-refractivity contribution in [1.29, 1.82) is 0 Å². The van der Waals surface area contributed by atoms with Crippen LogP contribution in [0.3, 0.4) is 0 Å². The van der Waals surface area contributed by atoms with Crippen molar-refractivity contribution in [3.63, 3.8) is 0 Å². The molecule has 2 rings (SSSR count). The highest BCUT2D eigenvalue weighted by Crippen LogP contribution is 2.20. The largest absolute Gasteiger partial charge is 0.348 e. The second-order valence-electron chi connectivity index (χ2n) is 5.60. The molecule has 0 unspecified atom stereocenters. The van der Waals surface area contributed by atoms with Crippen LogP contribution in [0.5, 0.6) is 0 Å². The average molecular weight is 328 g/mol. The van der Waals surface area contributed by atoms with E-state index in [2.05, 4.69) is 47.0 Å². The first-order valence-electron chi connectivity index (χ1n) is 6.84. The monoisotopic (exact) mass is 327 g/mol. The molecular formula is C14H22BrN3O. The van der Waals surface area contributed by atoms with E-state index in [1.807, 2.05) is 16.8 Å². The van der Waals surface area contributed by atoms with Crippen molar-refractivity contribution in [1.82, 2.24) is 14.8 Å². The van der Waals surface area contributed by atoms with E-state index in [1.165, 1.54) is 0 Å². The molecule has 106 valence electrons. The molecule has 1 N–H and O–H groups in total. The molecule has 0 aliphatic carbocycles. The molecule has 19 heavy (non-hydrogen) atoms. The van der Waals surface area contributed by atoms with Gasteiger partial charge < -0.3 is 14.8 Å². The number of hydrogen-bond donors (Lipinski definition) is 1. The number of amides is 1. The van der Waals surface area contributed by atoms with Crippen LogP contribution in [0, 0.1) is 0 Å². The summed E-state index contributed by atoms with van der Waals surface area (Å²) in [5, 5.41) is 3.16. The predicted octanol–water partition coefficient (Wildman–Crippen LogP) is 2.66. The van der Waals surface area contributed by atoms with Gasteiger partial charge in [0.15, 0.2) is 0 Å². The molecule has 1 fully saturated rings. The van der Waals surface area contributed by atoms with Gasteiger partial charge in [-0.3, -0.25) is 4.79 Å². The maximum atomic E-state index is 12.4. The minimum Gasteiger partial charge on any atom is -0.348 e. The van der Waals surface area contributed by atoms with Crippen molar-refractivity contribution in [3.8, 4) is 0 Å². The smallest absolute Gasteiger partial charge is 0.268 e. The molecule has 1 amide bonds. The van der Waals surface area contributed by atoms with E-state index in [9.17, 15) is 4.79 Å². The van der Waals surface area contributed by atoms with Crippen molar-refractivity contribution < 1.29 is 4.79 Å². The molecular weight excluding hydrogens is 306 g/mol. The number of carbonyl (C=O) groups is 1. The molecule has 0 spiro atoms. The van der Waals surface area contributed by atoms with Gasteiger partial charge in [-0.2, -0.15) is 0 Å². The van der Waals surface area contributed by atoms with Crippen LogP contribution in [-0.4, -0.2) is 41.6 Å². The van der Waals surface area contributed by atoms with Crippen molar-refractivity contribution in [3.05, 3.63) is 22.4 Å². The van der Waals surface area contributed by atoms with Crippen LogP contribution in [0.4, 0.5) is 0 Å². The van der Waals surface area contributed by atoms with Crippen molar-refractivity contribution >= 4 is 21.8 Å². The standard InChI is InChI=1S/C14H22BrN3O/c1-10(2)18-9-11(15)8-13(18)14(19)16-12-4-6-17(3)7-5-12/h8-10,12H,4-7H2,1-3H3,(H,16,19). The fourth-order valence-corrected chi connectivity index (χ4v) is 2.90. The van der Waals surface area contributed by atoms with Gasteiger partial charge in [0.25, 0.3) is 5.91 Å². The normalized spacial score (nSPS) is 17.9. The van der Waals surface area contributed by atoms with Gasteiger partial charge in [0.1, 0.15) is 5.69 Å². The Labute approximate surface area is 123 Å². The van der Waals surface area contributed by atoms with Gasteiger partial charge in [0, 0.05) is 22.8 Å². The zero-order valence-electron chi connectivity index (χ0n) is 11.8. The van der Waals surface area contributed by atoms with Gasteiger partial charge in [-0.15, -0.1) is 0 Å². The summed E-state index contributed by atoms with van der Waals surface area (Å²) >= 11 is 3.45. The molecule has 0 saturated carbocycles. The predicted molar refractivity (Wildman–Crippen MR) is 80.5 cm³/mol. The number of aromatic nitrogens is 1. The van der Waals surface area contributed by atoms with Gasteiger partial charge in [0.05, 0.1) is 0 Å². The average Bonchev–Trinajstić information content (AvgIpc) is 2.74. The number of piperidine rings is 1. The van der Waals surface area contributed by atoms with E-state index in [0.29, 0.717) is 6.04 Å². The molecule has 5 heteroatoms. The highest BCUT2D eigenvalue weighted by atomic mass is 79.9. The van der Waals surface area contributed by atoms with Crippen LogP contribution in [0.15, 0.2) is 16.7 Å². The summed E-state index contributed by atoms with van der Waals surface area (Å²) in [5.74, 6) is 0.0361. The van der Waals surface area contributed by atoms with Crippen LogP contribution >= 0.6 is 15.9 Å². The van der Waals surface area contributed by atoms with Crippen LogP contribution in [0.2, 0.25) is 0 Å². The third kappa shape index (κ3) is 3.60. The number of hydrogen-bond acceptors (Lipinski definition) is 2. The van der Waals surface area contributed by atoms with Crippen LogP contribution in [0.25, 0.3) is 0 Å². The third-order valence-corrected chi connectivity index (χ3v) is 4.09. The number of carbonyl (C=O) groups excluding carboxylic acids is 1. The van der Waals surface area contributed by atoms with Gasteiger partial charge in [-0.05, 0) is 68.8 Å². The SMILES string of the molecule is CC(C)n1cc(Br)cc1C(=O)NC1CCN(C)CC1. The minimum absolute atomic E-state index is 0.0361. The van der Waals surface area contributed by atoms with E-state index in [1.54, 1.807) is 0 Å². The van der Waals surface area contributed by atoms with E-state index in [0.717, 1.165) is 36.1 Å². The Hall–Kier alpha value is -0.810. The topological polar surface area (TPSA) is 37.3 Å². The lowest BCUT2D eigenvalue weighted by Gasteiger charge is -2.29. The lowest BCUT2D eigenvalue weighted by atomic mass is 10.1. The van der Waals surface area contributed by atoms with E-state index in [4.69, 9.17) is 0 Å². The number of likely N-dealkylation sites (tertiary alicyclic amines) is 1. The first-order valence-corrected chi connectivity index (χ1v) is 7.63. The molecule has 1 aliphatic heterocycles. The summed E-state index contributed by atoms with van der Waals surface area (Å²) in [7, 11) is 2.12. The first kappa shape index (κ1) is 14.6. The molecule has 1 aliphatic rings. The van der Waals surface area contributed by atoms with Crippen molar-refractivity contribution in [2.45, 2.75) is 38.8 Å². The van der Waals surface area contributed by atoms with Gasteiger partial charge in [-0.1, -0.05) is 0 Å². The quantitative estimate of drug-likeness (QED) is 0.926. The van der Waals surface area contributed by atoms with Crippen LogP contribution in [-0.2, 0) is 0 Å². The number of halogens is 1. The Bertz CT molecular complexity index is 448. The zero-order valence-corrected chi connectivity index (χ0v) is 13.4. The third-order valence-electron chi connectivity index (χ3n) is 3.66.